The van der Waals surface area contributed by atoms with Crippen LogP contribution in [0.15, 0.2) is 30.3 Å². The lowest BCUT2D eigenvalue weighted by Gasteiger charge is -2.09. The van der Waals surface area contributed by atoms with Crippen LogP contribution in [0.5, 0.6) is 0 Å². The summed E-state index contributed by atoms with van der Waals surface area (Å²) in [6.07, 6.45) is 0.729. The Morgan fingerprint density at radius 3 is 2.70 bits per heavy atom. The number of aromatic nitrogens is 2. The molecule has 0 spiro atoms. The molecule has 0 saturated heterocycles. The molecule has 0 aliphatic carbocycles. The van der Waals surface area contributed by atoms with Crippen molar-refractivity contribution in [2.24, 2.45) is 0 Å². The Kier molecular flexibility index (Phi) is 5.99. The van der Waals surface area contributed by atoms with Crippen molar-refractivity contribution in [3.8, 4) is 0 Å². The van der Waals surface area contributed by atoms with E-state index in [1.807, 2.05) is 0 Å². The van der Waals surface area contributed by atoms with Crippen LogP contribution in [0.2, 0.25) is 0 Å². The lowest BCUT2D eigenvalue weighted by molar-refractivity contribution is 0.0943. The van der Waals surface area contributed by atoms with Gasteiger partial charge in [0.2, 0.25) is 0 Å². The number of rotatable bonds is 7. The summed E-state index contributed by atoms with van der Waals surface area (Å²) in [5, 5.41) is 5.80. The van der Waals surface area contributed by atoms with E-state index in [9.17, 15) is 9.18 Å². The summed E-state index contributed by atoms with van der Waals surface area (Å²) >= 11 is 0. The molecule has 122 valence electrons. The van der Waals surface area contributed by atoms with E-state index in [4.69, 9.17) is 4.74 Å². The third-order valence-corrected chi connectivity index (χ3v) is 3.00. The quantitative estimate of drug-likeness (QED) is 0.767. The van der Waals surface area contributed by atoms with E-state index < -0.39 is 0 Å². The fourth-order valence-corrected chi connectivity index (χ4v) is 1.94. The van der Waals surface area contributed by atoms with E-state index >= 15 is 0 Å². The Morgan fingerprint density at radius 2 is 2.00 bits per heavy atom. The van der Waals surface area contributed by atoms with E-state index in [1.54, 1.807) is 32.2 Å². The van der Waals surface area contributed by atoms with E-state index in [0.717, 1.165) is 6.42 Å². The van der Waals surface area contributed by atoms with Crippen molar-refractivity contribution < 1.29 is 13.9 Å². The van der Waals surface area contributed by atoms with Gasteiger partial charge in [-0.1, -0.05) is 0 Å². The third kappa shape index (κ3) is 5.30. The Balaban J connectivity index is 2.05. The van der Waals surface area contributed by atoms with Crippen LogP contribution in [0.3, 0.4) is 0 Å². The summed E-state index contributed by atoms with van der Waals surface area (Å²) in [6.45, 7) is 2.80. The summed E-state index contributed by atoms with van der Waals surface area (Å²) in [5.41, 5.74) is 0.954. The van der Waals surface area contributed by atoms with Crippen LogP contribution in [0.25, 0.3) is 0 Å². The third-order valence-electron chi connectivity index (χ3n) is 3.00. The van der Waals surface area contributed by atoms with Crippen LogP contribution in [0.1, 0.15) is 22.7 Å². The topological polar surface area (TPSA) is 76.1 Å². The lowest BCUT2D eigenvalue weighted by Crippen LogP contribution is -2.26. The first-order chi connectivity index (χ1) is 11.1. The van der Waals surface area contributed by atoms with Crippen molar-refractivity contribution in [2.75, 3.05) is 25.6 Å². The first-order valence-electron chi connectivity index (χ1n) is 7.24. The van der Waals surface area contributed by atoms with Gasteiger partial charge < -0.3 is 15.4 Å². The molecular formula is C16H19FN4O2. The maximum absolute atomic E-state index is 12.9. The fourth-order valence-electron chi connectivity index (χ4n) is 1.94. The smallest absolute Gasteiger partial charge is 0.270 e. The molecule has 1 aromatic heterocycles. The molecule has 2 N–H and O–H groups in total. The molecule has 0 bridgehead atoms. The zero-order chi connectivity index (χ0) is 16.7. The standard InChI is InChI=1S/C16H19FN4O2/c1-11-19-14(16(22)18-8-3-9-23-2)10-15(20-11)21-13-6-4-12(17)5-7-13/h4-7,10H,3,8-9H2,1-2H3,(H,18,22)(H,19,20,21). The largest absolute Gasteiger partial charge is 0.385 e. The summed E-state index contributed by atoms with van der Waals surface area (Å²) in [6, 6.07) is 7.44. The molecule has 0 unspecified atom stereocenters. The Morgan fingerprint density at radius 1 is 1.26 bits per heavy atom. The molecule has 1 aromatic carbocycles. The minimum absolute atomic E-state index is 0.270. The Labute approximate surface area is 134 Å². The van der Waals surface area contributed by atoms with Crippen molar-refractivity contribution in [2.45, 2.75) is 13.3 Å². The highest BCUT2D eigenvalue weighted by Gasteiger charge is 2.10. The number of carbonyl (C=O) groups excluding carboxylic acids is 1. The lowest BCUT2D eigenvalue weighted by atomic mass is 10.3. The zero-order valence-corrected chi connectivity index (χ0v) is 13.1. The molecule has 0 aliphatic heterocycles. The molecule has 0 atom stereocenters. The Bertz CT molecular complexity index is 662. The first kappa shape index (κ1) is 16.8. The maximum Gasteiger partial charge on any atom is 0.270 e. The molecule has 0 saturated carbocycles. The van der Waals surface area contributed by atoms with Crippen LogP contribution in [0, 0.1) is 12.7 Å². The zero-order valence-electron chi connectivity index (χ0n) is 13.1. The number of hydrogen-bond donors (Lipinski definition) is 2. The van der Waals surface area contributed by atoms with E-state index in [1.165, 1.54) is 12.1 Å². The molecule has 2 rings (SSSR count). The van der Waals surface area contributed by atoms with Crippen molar-refractivity contribution in [3.05, 3.63) is 47.7 Å². The second-order valence-corrected chi connectivity index (χ2v) is 4.92. The molecule has 23 heavy (non-hydrogen) atoms. The number of aryl methyl sites for hydroxylation is 1. The van der Waals surface area contributed by atoms with Gasteiger partial charge in [-0.15, -0.1) is 0 Å². The number of methoxy groups -OCH3 is 1. The second kappa shape index (κ2) is 8.19. The number of anilines is 2. The first-order valence-corrected chi connectivity index (χ1v) is 7.24. The number of nitrogens with zero attached hydrogens (tertiary/aromatic N) is 2. The predicted molar refractivity (Wildman–Crippen MR) is 85.3 cm³/mol. The minimum Gasteiger partial charge on any atom is -0.385 e. The van der Waals surface area contributed by atoms with Crippen LogP contribution in [-0.4, -0.2) is 36.1 Å². The van der Waals surface area contributed by atoms with Crippen molar-refractivity contribution in [1.29, 1.82) is 0 Å². The van der Waals surface area contributed by atoms with Crippen LogP contribution in [0.4, 0.5) is 15.9 Å². The van der Waals surface area contributed by atoms with Crippen LogP contribution >= 0.6 is 0 Å². The highest BCUT2D eigenvalue weighted by molar-refractivity contribution is 5.93. The predicted octanol–water partition coefficient (Wildman–Crippen LogP) is 2.43. The average Bonchev–Trinajstić information content (AvgIpc) is 2.53. The highest BCUT2D eigenvalue weighted by Crippen LogP contribution is 2.16. The van der Waals surface area contributed by atoms with E-state index in [0.29, 0.717) is 30.5 Å². The van der Waals surface area contributed by atoms with Crippen molar-refractivity contribution in [1.82, 2.24) is 15.3 Å². The molecule has 2 aromatic rings. The van der Waals surface area contributed by atoms with Gasteiger partial charge in [-0.05, 0) is 37.6 Å². The monoisotopic (exact) mass is 318 g/mol. The number of hydrogen-bond acceptors (Lipinski definition) is 5. The van der Waals surface area contributed by atoms with Gasteiger partial charge >= 0.3 is 0 Å². The fraction of sp³-hybridized carbons (Fsp3) is 0.312. The molecule has 6 nitrogen and oxygen atoms in total. The van der Waals surface area contributed by atoms with Gasteiger partial charge in [0.05, 0.1) is 0 Å². The molecule has 1 heterocycles. The van der Waals surface area contributed by atoms with E-state index in [-0.39, 0.29) is 17.4 Å². The molecule has 0 aliphatic rings. The average molecular weight is 318 g/mol. The van der Waals surface area contributed by atoms with Gasteiger partial charge in [-0.2, -0.15) is 0 Å². The van der Waals surface area contributed by atoms with Gasteiger partial charge in [0.1, 0.15) is 23.2 Å². The summed E-state index contributed by atoms with van der Waals surface area (Å²) in [5.74, 6) is 0.365. The molecule has 7 heteroatoms. The highest BCUT2D eigenvalue weighted by atomic mass is 19.1. The van der Waals surface area contributed by atoms with Crippen LogP contribution in [-0.2, 0) is 4.74 Å². The molecule has 1 amide bonds. The molecule has 0 fully saturated rings. The van der Waals surface area contributed by atoms with Gasteiger partial charge in [0, 0.05) is 32.0 Å². The van der Waals surface area contributed by atoms with Crippen LogP contribution < -0.4 is 10.6 Å². The molecular weight excluding hydrogens is 299 g/mol. The van der Waals surface area contributed by atoms with Crippen molar-refractivity contribution in [3.63, 3.8) is 0 Å². The summed E-state index contributed by atoms with van der Waals surface area (Å²) < 4.78 is 17.8. The number of ether oxygens (including phenoxy) is 1. The van der Waals surface area contributed by atoms with Gasteiger partial charge in [0.15, 0.2) is 0 Å². The van der Waals surface area contributed by atoms with Gasteiger partial charge in [-0.3, -0.25) is 4.79 Å². The minimum atomic E-state index is -0.314. The number of nitrogens with one attached hydrogen (secondary N) is 2. The Hall–Kier alpha value is -2.54. The van der Waals surface area contributed by atoms with Gasteiger partial charge in [-0.25, -0.2) is 14.4 Å². The van der Waals surface area contributed by atoms with Gasteiger partial charge in [0.25, 0.3) is 5.91 Å². The van der Waals surface area contributed by atoms with E-state index in [2.05, 4.69) is 20.6 Å². The SMILES string of the molecule is COCCCNC(=O)c1cc(Nc2ccc(F)cc2)nc(C)n1. The molecule has 0 radical (unpaired) electrons. The number of carbonyl (C=O) groups is 1. The number of benzene rings is 1. The maximum atomic E-state index is 12.9. The second-order valence-electron chi connectivity index (χ2n) is 4.92. The summed E-state index contributed by atoms with van der Waals surface area (Å²) in [7, 11) is 1.61. The summed E-state index contributed by atoms with van der Waals surface area (Å²) in [4.78, 5) is 20.5. The number of halogens is 1. The normalized spacial score (nSPS) is 10.4. The van der Waals surface area contributed by atoms with Crippen molar-refractivity contribution >= 4 is 17.4 Å². The number of amides is 1.